The van der Waals surface area contributed by atoms with Crippen LogP contribution in [0.5, 0.6) is 0 Å². The number of carbonyl (C=O) groups excluding carboxylic acids is 1. The summed E-state index contributed by atoms with van der Waals surface area (Å²) in [5.41, 5.74) is 3.08. The Morgan fingerprint density at radius 2 is 1.68 bits per heavy atom. The molecule has 4 nitrogen and oxygen atoms in total. The van der Waals surface area contributed by atoms with E-state index >= 15 is 0 Å². The van der Waals surface area contributed by atoms with Gasteiger partial charge >= 0.3 is 6.03 Å². The number of amides is 2. The number of halogens is 1. The Morgan fingerprint density at radius 1 is 1.05 bits per heavy atom. The van der Waals surface area contributed by atoms with Gasteiger partial charge in [-0.3, -0.25) is 0 Å². The molecule has 0 bridgehead atoms. The van der Waals surface area contributed by atoms with Gasteiger partial charge in [0.05, 0.1) is 0 Å². The van der Waals surface area contributed by atoms with Gasteiger partial charge in [0.25, 0.3) is 0 Å². The highest BCUT2D eigenvalue weighted by Gasteiger charge is 2.02. The molecule has 0 heterocycles. The number of hydrogen-bond donors (Lipinski definition) is 2. The van der Waals surface area contributed by atoms with Crippen LogP contribution in [0.3, 0.4) is 0 Å². The van der Waals surface area contributed by atoms with Crippen molar-refractivity contribution in [1.29, 1.82) is 0 Å². The number of carbonyl (C=O) groups is 1. The average molecular weight is 362 g/mol. The van der Waals surface area contributed by atoms with Crippen molar-refractivity contribution in [3.8, 4) is 0 Å². The van der Waals surface area contributed by atoms with Crippen LogP contribution in [-0.2, 0) is 6.42 Å². The van der Waals surface area contributed by atoms with Crippen LogP contribution in [-0.4, -0.2) is 26.7 Å². The SMILES string of the molecule is CN(C)c1ccc(NC(=O)NCCc2ccc(Br)cc2)cc1. The van der Waals surface area contributed by atoms with Gasteiger partial charge in [0.2, 0.25) is 0 Å². The number of urea groups is 1. The minimum Gasteiger partial charge on any atom is -0.378 e. The molecule has 0 saturated carbocycles. The number of nitrogens with zero attached hydrogens (tertiary/aromatic N) is 1. The Bertz CT molecular complexity index is 609. The van der Waals surface area contributed by atoms with Gasteiger partial charge in [-0.1, -0.05) is 28.1 Å². The topological polar surface area (TPSA) is 44.4 Å². The van der Waals surface area contributed by atoms with Crippen molar-refractivity contribution in [2.24, 2.45) is 0 Å². The van der Waals surface area contributed by atoms with E-state index in [-0.39, 0.29) is 6.03 Å². The lowest BCUT2D eigenvalue weighted by atomic mass is 10.1. The molecule has 2 aromatic carbocycles. The van der Waals surface area contributed by atoms with Gasteiger partial charge in [0, 0.05) is 36.5 Å². The molecule has 2 N–H and O–H groups in total. The van der Waals surface area contributed by atoms with Gasteiger partial charge in [0.15, 0.2) is 0 Å². The van der Waals surface area contributed by atoms with Gasteiger partial charge in [-0.15, -0.1) is 0 Å². The first kappa shape index (κ1) is 16.4. The first-order valence-corrected chi connectivity index (χ1v) is 7.90. The first-order chi connectivity index (χ1) is 10.5. The molecule has 0 aliphatic heterocycles. The molecular formula is C17H20BrN3O. The van der Waals surface area contributed by atoms with Crippen LogP contribution in [0.4, 0.5) is 16.2 Å². The van der Waals surface area contributed by atoms with Gasteiger partial charge in [0.1, 0.15) is 0 Å². The average Bonchev–Trinajstić information content (AvgIpc) is 2.50. The minimum atomic E-state index is -0.185. The summed E-state index contributed by atoms with van der Waals surface area (Å²) in [7, 11) is 3.97. The lowest BCUT2D eigenvalue weighted by Gasteiger charge is -2.13. The van der Waals surface area contributed by atoms with Crippen LogP contribution in [0.25, 0.3) is 0 Å². The maximum atomic E-state index is 11.8. The van der Waals surface area contributed by atoms with E-state index in [0.717, 1.165) is 22.3 Å². The van der Waals surface area contributed by atoms with Crippen LogP contribution in [0.2, 0.25) is 0 Å². The first-order valence-electron chi connectivity index (χ1n) is 7.11. The third kappa shape index (κ3) is 5.07. The quantitative estimate of drug-likeness (QED) is 0.848. The number of rotatable bonds is 5. The van der Waals surface area contributed by atoms with E-state index in [9.17, 15) is 4.79 Å². The van der Waals surface area contributed by atoms with Gasteiger partial charge < -0.3 is 15.5 Å². The lowest BCUT2D eigenvalue weighted by molar-refractivity contribution is 0.252. The summed E-state index contributed by atoms with van der Waals surface area (Å²) in [5, 5.41) is 5.69. The smallest absolute Gasteiger partial charge is 0.319 e. The van der Waals surface area contributed by atoms with Crippen molar-refractivity contribution in [2.45, 2.75) is 6.42 Å². The fourth-order valence-corrected chi connectivity index (χ4v) is 2.25. The molecule has 0 saturated heterocycles. The zero-order chi connectivity index (χ0) is 15.9. The highest BCUT2D eigenvalue weighted by atomic mass is 79.9. The van der Waals surface area contributed by atoms with E-state index in [1.165, 1.54) is 5.56 Å². The van der Waals surface area contributed by atoms with Crippen LogP contribution >= 0.6 is 15.9 Å². The molecule has 0 aromatic heterocycles. The Kier molecular flexibility index (Phi) is 5.83. The van der Waals surface area contributed by atoms with Crippen LogP contribution < -0.4 is 15.5 Å². The standard InChI is InChI=1S/C17H20BrN3O/c1-21(2)16-9-7-15(8-10-16)20-17(22)19-12-11-13-3-5-14(18)6-4-13/h3-10H,11-12H2,1-2H3,(H2,19,20,22). The summed E-state index contributed by atoms with van der Waals surface area (Å²) < 4.78 is 1.06. The summed E-state index contributed by atoms with van der Waals surface area (Å²) in [6, 6.07) is 15.6. The summed E-state index contributed by atoms with van der Waals surface area (Å²) in [4.78, 5) is 13.9. The van der Waals surface area contributed by atoms with E-state index in [1.54, 1.807) is 0 Å². The number of anilines is 2. The molecule has 0 fully saturated rings. The maximum absolute atomic E-state index is 11.8. The molecular weight excluding hydrogens is 342 g/mol. The third-order valence-electron chi connectivity index (χ3n) is 3.25. The summed E-state index contributed by atoms with van der Waals surface area (Å²) in [6.45, 7) is 0.600. The van der Waals surface area contributed by atoms with E-state index in [2.05, 4.69) is 26.6 Å². The number of nitrogens with one attached hydrogen (secondary N) is 2. The van der Waals surface area contributed by atoms with Gasteiger partial charge in [-0.25, -0.2) is 4.79 Å². The molecule has 116 valence electrons. The van der Waals surface area contributed by atoms with Crippen LogP contribution in [0.1, 0.15) is 5.56 Å². The summed E-state index contributed by atoms with van der Waals surface area (Å²) >= 11 is 3.41. The largest absolute Gasteiger partial charge is 0.378 e. The van der Waals surface area contributed by atoms with E-state index in [0.29, 0.717) is 6.54 Å². The van der Waals surface area contributed by atoms with Crippen molar-refractivity contribution in [1.82, 2.24) is 5.32 Å². The van der Waals surface area contributed by atoms with Crippen molar-refractivity contribution in [2.75, 3.05) is 30.9 Å². The Balaban J connectivity index is 1.76. The normalized spacial score (nSPS) is 10.1. The molecule has 2 amide bonds. The fraction of sp³-hybridized carbons (Fsp3) is 0.235. The molecule has 5 heteroatoms. The van der Waals surface area contributed by atoms with E-state index in [1.807, 2.05) is 67.5 Å². The van der Waals surface area contributed by atoms with Crippen molar-refractivity contribution < 1.29 is 4.79 Å². The highest BCUT2D eigenvalue weighted by molar-refractivity contribution is 9.10. The number of hydrogen-bond acceptors (Lipinski definition) is 2. The molecule has 0 unspecified atom stereocenters. The van der Waals surface area contributed by atoms with Crippen LogP contribution in [0.15, 0.2) is 53.0 Å². The monoisotopic (exact) mass is 361 g/mol. The molecule has 2 aromatic rings. The van der Waals surface area contributed by atoms with E-state index < -0.39 is 0 Å². The van der Waals surface area contributed by atoms with E-state index in [4.69, 9.17) is 0 Å². The molecule has 2 rings (SSSR count). The highest BCUT2D eigenvalue weighted by Crippen LogP contribution is 2.15. The van der Waals surface area contributed by atoms with Crippen LogP contribution in [0, 0.1) is 0 Å². The maximum Gasteiger partial charge on any atom is 0.319 e. The van der Waals surface area contributed by atoms with Gasteiger partial charge in [-0.05, 0) is 48.4 Å². The predicted molar refractivity (Wildman–Crippen MR) is 95.6 cm³/mol. The minimum absolute atomic E-state index is 0.185. The fourth-order valence-electron chi connectivity index (χ4n) is 1.99. The molecule has 0 aliphatic rings. The van der Waals surface area contributed by atoms with Crippen molar-refractivity contribution in [3.63, 3.8) is 0 Å². The lowest BCUT2D eigenvalue weighted by Crippen LogP contribution is -2.30. The summed E-state index contributed by atoms with van der Waals surface area (Å²) in [5.74, 6) is 0. The zero-order valence-electron chi connectivity index (χ0n) is 12.8. The Labute approximate surface area is 139 Å². The predicted octanol–water partition coefficient (Wildman–Crippen LogP) is 3.88. The molecule has 22 heavy (non-hydrogen) atoms. The molecule has 0 atom stereocenters. The van der Waals surface area contributed by atoms with Crippen molar-refractivity contribution >= 4 is 33.3 Å². The second-order valence-electron chi connectivity index (χ2n) is 5.20. The molecule has 0 aliphatic carbocycles. The second-order valence-corrected chi connectivity index (χ2v) is 6.11. The second kappa shape index (κ2) is 7.84. The molecule has 0 radical (unpaired) electrons. The number of benzene rings is 2. The molecule has 0 spiro atoms. The third-order valence-corrected chi connectivity index (χ3v) is 3.78. The van der Waals surface area contributed by atoms with Gasteiger partial charge in [-0.2, -0.15) is 0 Å². The Morgan fingerprint density at radius 3 is 2.27 bits per heavy atom. The zero-order valence-corrected chi connectivity index (χ0v) is 14.4. The Hall–Kier alpha value is -2.01. The summed E-state index contributed by atoms with van der Waals surface area (Å²) in [6.07, 6.45) is 0.806. The van der Waals surface area contributed by atoms with Crippen molar-refractivity contribution in [3.05, 3.63) is 58.6 Å².